The van der Waals surface area contributed by atoms with Crippen molar-refractivity contribution in [1.82, 2.24) is 0 Å². The van der Waals surface area contributed by atoms with Crippen molar-refractivity contribution in [2.75, 3.05) is 7.11 Å². The van der Waals surface area contributed by atoms with Gasteiger partial charge in [0, 0.05) is 11.8 Å². The second kappa shape index (κ2) is 10.9. The number of hydrogen-bond donors (Lipinski definition) is 1. The van der Waals surface area contributed by atoms with Gasteiger partial charge in [0.1, 0.15) is 0 Å². The molecule has 2 N–H and O–H groups in total. The average Bonchev–Trinajstić information content (AvgIpc) is 1.84. The Hall–Kier alpha value is 1.78. The minimum absolute atomic E-state index is 0.278. The molecule has 0 fully saturated rings. The molecule has 3 nitrogen and oxygen atoms in total. The molecule has 0 aromatic heterocycles. The maximum atomic E-state index is 10.2. The van der Waals surface area contributed by atoms with Gasteiger partial charge in [0.25, 0.3) is 0 Å². The molecule has 0 saturated heterocycles. The Labute approximate surface area is 110 Å². The molecule has 0 heterocycles. The van der Waals surface area contributed by atoms with E-state index in [1.54, 1.807) is 6.92 Å². The number of hydrogen-bond acceptors (Lipinski definition) is 3. The van der Waals surface area contributed by atoms with E-state index in [4.69, 9.17) is 5.73 Å². The van der Waals surface area contributed by atoms with Gasteiger partial charge in [0.15, 0.2) is 0 Å². The molecule has 7 heteroatoms. The summed E-state index contributed by atoms with van der Waals surface area (Å²) in [5, 5.41) is 0. The SMILES string of the molecule is COC(=O)/C=C(/C)N.[I][V]([I])[I]. The monoisotopic (exact) mass is 547 g/mol. The van der Waals surface area contributed by atoms with Crippen LogP contribution in [0.1, 0.15) is 6.92 Å². The summed E-state index contributed by atoms with van der Waals surface area (Å²) >= 11 is 7.39. The van der Waals surface area contributed by atoms with Crippen LogP contribution in [0.4, 0.5) is 0 Å². The zero-order valence-electron chi connectivity index (χ0n) is 6.55. The van der Waals surface area contributed by atoms with Gasteiger partial charge in [-0.1, -0.05) is 0 Å². The Kier molecular flexibility index (Phi) is 14.7. The van der Waals surface area contributed by atoms with Crippen LogP contribution in [0.5, 0.6) is 0 Å². The Balaban J connectivity index is 0. The first kappa shape index (κ1) is 16.2. The Morgan fingerprint density at radius 3 is 1.92 bits per heavy atom. The maximum absolute atomic E-state index is 10.2. The van der Waals surface area contributed by atoms with Crippen molar-refractivity contribution in [2.24, 2.45) is 5.73 Å². The summed E-state index contributed by atoms with van der Waals surface area (Å²) in [6, 6.07) is 0. The molecule has 0 rings (SSSR count). The molecule has 0 unspecified atom stereocenters. The van der Waals surface area contributed by atoms with Crippen LogP contribution in [0, 0.1) is 0 Å². The number of rotatable bonds is 1. The zero-order chi connectivity index (χ0) is 10.1. The first-order valence-electron chi connectivity index (χ1n) is 2.69. The van der Waals surface area contributed by atoms with Crippen molar-refractivity contribution < 1.29 is 14.5 Å². The zero-order valence-corrected chi connectivity index (χ0v) is 14.4. The number of ether oxygens (including phenoxy) is 1. The fourth-order valence-corrected chi connectivity index (χ4v) is 0.245. The summed E-state index contributed by atoms with van der Waals surface area (Å²) < 4.78 is 4.27. The molecule has 0 bridgehead atoms. The van der Waals surface area contributed by atoms with Crippen LogP contribution in [-0.2, 0) is 14.5 Å². The predicted octanol–water partition coefficient (Wildman–Crippen LogP) is 2.68. The molecule has 0 saturated carbocycles. The van der Waals surface area contributed by atoms with Gasteiger partial charge in [-0.05, 0) is 6.92 Å². The average molecular weight is 547 g/mol. The number of allylic oxidation sites excluding steroid dienone is 1. The summed E-state index contributed by atoms with van der Waals surface area (Å²) in [6.45, 7) is 1.62. The van der Waals surface area contributed by atoms with E-state index >= 15 is 0 Å². The normalized spacial score (nSPS) is 10.3. The van der Waals surface area contributed by atoms with Gasteiger partial charge in [-0.3, -0.25) is 0 Å². The van der Waals surface area contributed by atoms with Crippen LogP contribution in [0.3, 0.4) is 0 Å². The van der Waals surface area contributed by atoms with Gasteiger partial charge in [-0.2, -0.15) is 0 Å². The van der Waals surface area contributed by atoms with Crippen molar-refractivity contribution in [3.63, 3.8) is 0 Å². The van der Waals surface area contributed by atoms with Gasteiger partial charge in [0.2, 0.25) is 0 Å². The van der Waals surface area contributed by atoms with E-state index in [-0.39, 0.29) is 4.92 Å². The molecular formula is C5H9I3NO2V. The second-order valence-corrected chi connectivity index (χ2v) is 37.0. The van der Waals surface area contributed by atoms with Gasteiger partial charge in [-0.15, -0.1) is 0 Å². The van der Waals surface area contributed by atoms with E-state index in [1.807, 2.05) is 0 Å². The van der Waals surface area contributed by atoms with Gasteiger partial charge >= 0.3 is 70.8 Å². The summed E-state index contributed by atoms with van der Waals surface area (Å²) in [6.07, 6.45) is 1.22. The van der Waals surface area contributed by atoms with Crippen LogP contribution in [0.15, 0.2) is 11.8 Å². The predicted molar refractivity (Wildman–Crippen MR) is 72.0 cm³/mol. The third-order valence-electron chi connectivity index (χ3n) is 0.547. The minimum atomic E-state index is -0.412. The first-order valence-corrected chi connectivity index (χ1v) is 16.2. The van der Waals surface area contributed by atoms with E-state index in [9.17, 15) is 4.79 Å². The van der Waals surface area contributed by atoms with Crippen LogP contribution in [-0.4, -0.2) is 13.1 Å². The number of nitrogens with two attached hydrogens (primary N) is 1. The van der Waals surface area contributed by atoms with Crippen molar-refractivity contribution >= 4 is 65.9 Å². The van der Waals surface area contributed by atoms with E-state index in [2.05, 4.69) is 64.7 Å². The molecular weight excluding hydrogens is 538 g/mol. The van der Waals surface area contributed by atoms with Gasteiger partial charge in [0.05, 0.1) is 7.11 Å². The molecule has 0 radical (unpaired) electrons. The summed E-state index contributed by atoms with van der Waals surface area (Å²) in [7, 11) is 1.31. The van der Waals surface area contributed by atoms with Crippen molar-refractivity contribution in [2.45, 2.75) is 6.92 Å². The number of methoxy groups -OCH3 is 1. The Bertz CT molecular complexity index is 156. The molecule has 12 heavy (non-hydrogen) atoms. The molecule has 0 aromatic rings. The van der Waals surface area contributed by atoms with Crippen LogP contribution >= 0.6 is 59.9 Å². The van der Waals surface area contributed by atoms with E-state index < -0.39 is 5.97 Å². The number of carbonyl (C=O) groups is 1. The third kappa shape index (κ3) is 22.6. The molecule has 0 spiro atoms. The standard InChI is InChI=1S/C5H9NO2.3HI.V/c1-4(6)3-5(7)8-2;;;;/h3H,6H2,1-2H3;3*1H;/q;;;;+3/p-3/b4-3-;;;;. The molecule has 0 aliphatic carbocycles. The molecule has 0 aliphatic heterocycles. The summed E-state index contributed by atoms with van der Waals surface area (Å²) in [5.41, 5.74) is 5.58. The van der Waals surface area contributed by atoms with Crippen LogP contribution in [0.25, 0.3) is 0 Å². The van der Waals surface area contributed by atoms with E-state index in [0.29, 0.717) is 5.70 Å². The molecule has 0 aliphatic rings. The number of carbonyl (C=O) groups excluding carboxylic acids is 1. The number of halogens is 3. The summed E-state index contributed by atoms with van der Waals surface area (Å²) in [4.78, 5) is 9.97. The molecule has 0 atom stereocenters. The van der Waals surface area contributed by atoms with E-state index in [0.717, 1.165) is 0 Å². The van der Waals surface area contributed by atoms with E-state index in [1.165, 1.54) is 13.2 Å². The molecule has 72 valence electrons. The molecule has 0 aromatic carbocycles. The van der Waals surface area contributed by atoms with Crippen molar-refractivity contribution in [1.29, 1.82) is 0 Å². The van der Waals surface area contributed by atoms with Crippen LogP contribution < -0.4 is 5.73 Å². The van der Waals surface area contributed by atoms with Gasteiger partial charge < -0.3 is 10.5 Å². The quantitative estimate of drug-likeness (QED) is 0.313. The first-order chi connectivity index (χ1) is 5.40. The van der Waals surface area contributed by atoms with Crippen LogP contribution in [0.2, 0.25) is 0 Å². The topological polar surface area (TPSA) is 52.3 Å². The van der Waals surface area contributed by atoms with Gasteiger partial charge in [-0.25, -0.2) is 4.79 Å². The third-order valence-corrected chi connectivity index (χ3v) is 0.547. The Morgan fingerprint density at radius 2 is 1.83 bits per heavy atom. The second-order valence-electron chi connectivity index (χ2n) is 1.60. The summed E-state index contributed by atoms with van der Waals surface area (Å²) in [5.74, 6) is -0.412. The number of esters is 1. The Morgan fingerprint density at radius 1 is 1.50 bits per heavy atom. The molecule has 0 amide bonds. The van der Waals surface area contributed by atoms with Crippen molar-refractivity contribution in [3.8, 4) is 0 Å². The fourth-order valence-electron chi connectivity index (χ4n) is 0.245. The van der Waals surface area contributed by atoms with Crippen molar-refractivity contribution in [3.05, 3.63) is 11.8 Å². The fraction of sp³-hybridized carbons (Fsp3) is 0.400.